The molecule has 2 N–H and O–H groups in total. The normalized spacial score (nSPS) is 15.2. The van der Waals surface area contributed by atoms with E-state index in [1.165, 1.54) is 6.07 Å². The number of pyridine rings is 2. The topological polar surface area (TPSA) is 104 Å². The number of nitrogens with one attached hydrogen (secondary N) is 2. The van der Waals surface area contributed by atoms with Crippen LogP contribution in [0, 0.1) is 0 Å². The van der Waals surface area contributed by atoms with E-state index in [1.807, 2.05) is 0 Å². The quantitative estimate of drug-likeness (QED) is 0.782. The number of rotatable bonds is 5. The summed E-state index contributed by atoms with van der Waals surface area (Å²) < 4.78 is 27.3. The molecule has 1 amide bonds. The molecule has 3 heterocycles. The lowest BCUT2D eigenvalue weighted by molar-refractivity contribution is -0.120. The molecule has 126 valence electrons. The van der Waals surface area contributed by atoms with Gasteiger partial charge >= 0.3 is 0 Å². The molecule has 9 heteroatoms. The van der Waals surface area contributed by atoms with Gasteiger partial charge in [0.15, 0.2) is 5.03 Å². The van der Waals surface area contributed by atoms with Gasteiger partial charge in [0.1, 0.15) is 5.82 Å². The maximum Gasteiger partial charge on any atom is 0.258 e. The van der Waals surface area contributed by atoms with Crippen molar-refractivity contribution in [1.29, 1.82) is 0 Å². The summed E-state index contributed by atoms with van der Waals surface area (Å²) in [6, 6.07) is 10.0. The largest absolute Gasteiger partial charge is 0.353 e. The first-order valence-electron chi connectivity index (χ1n) is 7.43. The van der Waals surface area contributed by atoms with Crippen molar-refractivity contribution in [3.05, 3.63) is 48.3 Å². The van der Waals surface area contributed by atoms with Crippen molar-refractivity contribution in [1.82, 2.24) is 20.0 Å². The number of piperazine rings is 1. The minimum absolute atomic E-state index is 0.0816. The summed E-state index contributed by atoms with van der Waals surface area (Å²) in [4.78, 5) is 21.5. The molecule has 0 saturated carbocycles. The zero-order valence-corrected chi connectivity index (χ0v) is 13.7. The van der Waals surface area contributed by atoms with Gasteiger partial charge in [-0.1, -0.05) is 12.1 Å². The molecule has 0 spiro atoms. The molecule has 1 saturated heterocycles. The molecule has 0 bridgehead atoms. The molecular weight excluding hydrogens is 330 g/mol. The molecule has 0 radical (unpaired) electrons. The summed E-state index contributed by atoms with van der Waals surface area (Å²) >= 11 is 0. The van der Waals surface area contributed by atoms with E-state index in [0.717, 1.165) is 0 Å². The highest BCUT2D eigenvalue weighted by atomic mass is 32.2. The van der Waals surface area contributed by atoms with Crippen LogP contribution >= 0.6 is 0 Å². The smallest absolute Gasteiger partial charge is 0.258 e. The number of amides is 1. The number of carbonyl (C=O) groups is 1. The Morgan fingerprint density at radius 3 is 2.83 bits per heavy atom. The van der Waals surface area contributed by atoms with Gasteiger partial charge in [0, 0.05) is 19.3 Å². The van der Waals surface area contributed by atoms with Crippen molar-refractivity contribution in [2.24, 2.45) is 0 Å². The molecule has 1 fully saturated rings. The fourth-order valence-corrected chi connectivity index (χ4v) is 3.27. The Labute approximate surface area is 140 Å². The van der Waals surface area contributed by atoms with Gasteiger partial charge in [-0.25, -0.2) is 18.1 Å². The second-order valence-corrected chi connectivity index (χ2v) is 6.96. The number of hydrogen-bond donors (Lipinski definition) is 2. The minimum atomic E-state index is -3.76. The molecule has 8 nitrogen and oxygen atoms in total. The summed E-state index contributed by atoms with van der Waals surface area (Å²) in [5.74, 6) is 0.357. The van der Waals surface area contributed by atoms with E-state index in [1.54, 1.807) is 41.4 Å². The Hall–Kier alpha value is -2.52. The maximum absolute atomic E-state index is 12.4. The fraction of sp³-hybridized carbons (Fsp3) is 0.267. The van der Waals surface area contributed by atoms with Crippen LogP contribution in [0.1, 0.15) is 5.69 Å². The SMILES string of the molecule is O=C1CN(c2cccc(S(=O)(=O)NCc3ccccn3)n2)CCN1. The van der Waals surface area contributed by atoms with Crippen molar-refractivity contribution in [2.45, 2.75) is 11.6 Å². The van der Waals surface area contributed by atoms with Gasteiger partial charge in [-0.15, -0.1) is 0 Å². The maximum atomic E-state index is 12.4. The molecule has 0 atom stereocenters. The summed E-state index contributed by atoms with van der Waals surface area (Å²) in [7, 11) is -3.76. The van der Waals surface area contributed by atoms with E-state index < -0.39 is 10.0 Å². The molecule has 0 aliphatic carbocycles. The van der Waals surface area contributed by atoms with Crippen molar-refractivity contribution >= 4 is 21.7 Å². The Balaban J connectivity index is 1.75. The van der Waals surface area contributed by atoms with Gasteiger partial charge in [-0.2, -0.15) is 0 Å². The van der Waals surface area contributed by atoms with Crippen molar-refractivity contribution in [2.75, 3.05) is 24.5 Å². The third-order valence-corrected chi connectivity index (χ3v) is 4.82. The van der Waals surface area contributed by atoms with Crippen LogP contribution in [0.25, 0.3) is 0 Å². The molecule has 2 aromatic heterocycles. The van der Waals surface area contributed by atoms with E-state index >= 15 is 0 Å². The summed E-state index contributed by atoms with van der Waals surface area (Å²) in [5.41, 5.74) is 0.616. The lowest BCUT2D eigenvalue weighted by Crippen LogP contribution is -2.48. The number of nitrogens with zero attached hydrogens (tertiary/aromatic N) is 3. The van der Waals surface area contributed by atoms with Crippen LogP contribution in [0.15, 0.2) is 47.6 Å². The standard InChI is InChI=1S/C15H17N5O3S/c21-14-11-20(9-8-17-14)13-5-3-6-15(19-13)24(22,23)18-10-12-4-1-2-7-16-12/h1-7,18H,8-11H2,(H,17,21). The van der Waals surface area contributed by atoms with E-state index in [0.29, 0.717) is 24.6 Å². The average Bonchev–Trinajstić information content (AvgIpc) is 2.61. The second kappa shape index (κ2) is 6.93. The molecule has 0 unspecified atom stereocenters. The first-order valence-corrected chi connectivity index (χ1v) is 8.91. The fourth-order valence-electron chi connectivity index (χ4n) is 2.31. The molecule has 1 aliphatic rings. The van der Waals surface area contributed by atoms with Crippen LogP contribution in [-0.4, -0.2) is 43.9 Å². The Bertz CT molecular complexity index is 826. The zero-order valence-electron chi connectivity index (χ0n) is 12.8. The van der Waals surface area contributed by atoms with E-state index in [2.05, 4.69) is 20.0 Å². The van der Waals surface area contributed by atoms with E-state index in [-0.39, 0.29) is 24.0 Å². The number of anilines is 1. The lowest BCUT2D eigenvalue weighted by Gasteiger charge is -2.27. The Kier molecular flexibility index (Phi) is 4.72. The molecule has 0 aromatic carbocycles. The van der Waals surface area contributed by atoms with Crippen molar-refractivity contribution < 1.29 is 13.2 Å². The first-order chi connectivity index (χ1) is 11.5. The zero-order chi connectivity index (χ0) is 17.0. The van der Waals surface area contributed by atoms with E-state index in [4.69, 9.17) is 0 Å². The van der Waals surface area contributed by atoms with Gasteiger partial charge in [-0.05, 0) is 24.3 Å². The third kappa shape index (κ3) is 3.87. The molecule has 2 aromatic rings. The van der Waals surface area contributed by atoms with Gasteiger partial charge in [0.05, 0.1) is 18.8 Å². The van der Waals surface area contributed by atoms with Crippen LogP contribution in [0.2, 0.25) is 0 Å². The average molecular weight is 347 g/mol. The van der Waals surface area contributed by atoms with Crippen LogP contribution in [0.3, 0.4) is 0 Å². The minimum Gasteiger partial charge on any atom is -0.353 e. The van der Waals surface area contributed by atoms with Gasteiger partial charge < -0.3 is 10.2 Å². The molecule has 24 heavy (non-hydrogen) atoms. The predicted octanol–water partition coefficient (Wildman–Crippen LogP) is -0.109. The lowest BCUT2D eigenvalue weighted by atomic mass is 10.3. The predicted molar refractivity (Wildman–Crippen MR) is 87.7 cm³/mol. The van der Waals surface area contributed by atoms with Crippen LogP contribution in [0.4, 0.5) is 5.82 Å². The Morgan fingerprint density at radius 1 is 1.21 bits per heavy atom. The Morgan fingerprint density at radius 2 is 2.08 bits per heavy atom. The summed E-state index contributed by atoms with van der Waals surface area (Å²) in [5, 5.41) is 2.64. The van der Waals surface area contributed by atoms with Gasteiger partial charge in [-0.3, -0.25) is 9.78 Å². The highest BCUT2D eigenvalue weighted by molar-refractivity contribution is 7.89. The van der Waals surface area contributed by atoms with Crippen LogP contribution < -0.4 is 14.9 Å². The highest BCUT2D eigenvalue weighted by Crippen LogP contribution is 2.15. The second-order valence-electron chi connectivity index (χ2n) is 5.25. The summed E-state index contributed by atoms with van der Waals surface area (Å²) in [6.07, 6.45) is 1.60. The number of carbonyl (C=O) groups excluding carboxylic acids is 1. The van der Waals surface area contributed by atoms with Gasteiger partial charge in [0.2, 0.25) is 5.91 Å². The number of aromatic nitrogens is 2. The van der Waals surface area contributed by atoms with Crippen LogP contribution in [0.5, 0.6) is 0 Å². The first kappa shape index (κ1) is 16.3. The van der Waals surface area contributed by atoms with Crippen molar-refractivity contribution in [3.63, 3.8) is 0 Å². The molecular formula is C15H17N5O3S. The highest BCUT2D eigenvalue weighted by Gasteiger charge is 2.21. The van der Waals surface area contributed by atoms with Crippen molar-refractivity contribution in [3.8, 4) is 0 Å². The molecule has 3 rings (SSSR count). The number of sulfonamides is 1. The van der Waals surface area contributed by atoms with Gasteiger partial charge in [0.25, 0.3) is 10.0 Å². The number of hydrogen-bond acceptors (Lipinski definition) is 6. The van der Waals surface area contributed by atoms with Crippen LogP contribution in [-0.2, 0) is 21.4 Å². The van der Waals surface area contributed by atoms with E-state index in [9.17, 15) is 13.2 Å². The third-order valence-electron chi connectivity index (χ3n) is 3.52. The monoisotopic (exact) mass is 347 g/mol. The molecule has 1 aliphatic heterocycles. The summed E-state index contributed by atoms with van der Waals surface area (Å²) in [6.45, 7) is 1.35.